The van der Waals surface area contributed by atoms with Crippen LogP contribution in [-0.2, 0) is 14.3 Å². The molecular formula is C12H24N2O3. The Hall–Kier alpha value is -1.10. The van der Waals surface area contributed by atoms with Crippen LogP contribution in [0.15, 0.2) is 0 Å². The summed E-state index contributed by atoms with van der Waals surface area (Å²) in [6.45, 7) is 5.34. The molecule has 5 heteroatoms. The summed E-state index contributed by atoms with van der Waals surface area (Å²) in [6.07, 6.45) is 2.04. The Bertz CT molecular complexity index is 244. The van der Waals surface area contributed by atoms with Gasteiger partial charge in [0.1, 0.15) is 0 Å². The third-order valence-corrected chi connectivity index (χ3v) is 2.61. The molecule has 5 nitrogen and oxygen atoms in total. The molecule has 2 amide bonds. The molecule has 0 aromatic heterocycles. The molecule has 0 N–H and O–H groups in total. The van der Waals surface area contributed by atoms with E-state index in [4.69, 9.17) is 4.74 Å². The average Bonchev–Trinajstić information content (AvgIpc) is 2.30. The van der Waals surface area contributed by atoms with Gasteiger partial charge in [-0.3, -0.25) is 9.59 Å². The van der Waals surface area contributed by atoms with Gasteiger partial charge in [0.2, 0.25) is 11.8 Å². The smallest absolute Gasteiger partial charge is 0.241 e. The van der Waals surface area contributed by atoms with Gasteiger partial charge in [-0.25, -0.2) is 0 Å². The van der Waals surface area contributed by atoms with E-state index in [1.165, 1.54) is 11.8 Å². The molecule has 0 heterocycles. The molecular weight excluding hydrogens is 220 g/mol. The maximum atomic E-state index is 11.8. The van der Waals surface area contributed by atoms with E-state index in [-0.39, 0.29) is 18.4 Å². The van der Waals surface area contributed by atoms with Gasteiger partial charge in [-0.05, 0) is 6.42 Å². The van der Waals surface area contributed by atoms with E-state index in [1.54, 1.807) is 19.1 Å². The van der Waals surface area contributed by atoms with Crippen LogP contribution in [0.2, 0.25) is 0 Å². The molecule has 17 heavy (non-hydrogen) atoms. The number of amides is 2. The zero-order valence-corrected chi connectivity index (χ0v) is 11.4. The van der Waals surface area contributed by atoms with Gasteiger partial charge >= 0.3 is 0 Å². The minimum atomic E-state index is -0.0979. The van der Waals surface area contributed by atoms with Gasteiger partial charge < -0.3 is 14.5 Å². The van der Waals surface area contributed by atoms with Crippen LogP contribution >= 0.6 is 0 Å². The van der Waals surface area contributed by atoms with Crippen molar-refractivity contribution in [2.75, 3.05) is 40.4 Å². The Morgan fingerprint density at radius 3 is 2.35 bits per heavy atom. The summed E-state index contributed by atoms with van der Waals surface area (Å²) in [5, 5.41) is 0. The Morgan fingerprint density at radius 1 is 1.24 bits per heavy atom. The van der Waals surface area contributed by atoms with Crippen molar-refractivity contribution in [1.82, 2.24) is 9.80 Å². The molecule has 0 unspecified atom stereocenters. The summed E-state index contributed by atoms with van der Waals surface area (Å²) in [6, 6.07) is 0. The first-order chi connectivity index (χ1) is 8.02. The van der Waals surface area contributed by atoms with E-state index in [1.807, 2.05) is 0 Å². The molecule has 0 saturated heterocycles. The van der Waals surface area contributed by atoms with Crippen LogP contribution in [0.5, 0.6) is 0 Å². The number of unbranched alkanes of at least 4 members (excludes halogenated alkanes) is 1. The highest BCUT2D eigenvalue weighted by Gasteiger charge is 2.15. The molecule has 0 radical (unpaired) electrons. The van der Waals surface area contributed by atoms with Gasteiger partial charge in [0.25, 0.3) is 0 Å². The lowest BCUT2D eigenvalue weighted by atomic mass is 10.3. The van der Waals surface area contributed by atoms with Crippen LogP contribution in [0.4, 0.5) is 0 Å². The van der Waals surface area contributed by atoms with E-state index in [0.717, 1.165) is 19.4 Å². The number of carbonyl (C=O) groups excluding carboxylic acids is 2. The van der Waals surface area contributed by atoms with Crippen LogP contribution in [0, 0.1) is 0 Å². The van der Waals surface area contributed by atoms with Crippen LogP contribution in [-0.4, -0.2) is 62.0 Å². The summed E-state index contributed by atoms with van der Waals surface area (Å²) < 4.78 is 4.91. The number of methoxy groups -OCH3 is 1. The minimum Gasteiger partial charge on any atom is -0.383 e. The SMILES string of the molecule is CCCCN(C)C(=O)CN(CCOC)C(C)=O. The number of hydrogen-bond acceptors (Lipinski definition) is 3. The van der Waals surface area contributed by atoms with E-state index < -0.39 is 0 Å². The second-order valence-corrected chi connectivity index (χ2v) is 4.10. The topological polar surface area (TPSA) is 49.9 Å². The van der Waals surface area contributed by atoms with Gasteiger partial charge in [-0.2, -0.15) is 0 Å². The van der Waals surface area contributed by atoms with Crippen molar-refractivity contribution in [3.8, 4) is 0 Å². The lowest BCUT2D eigenvalue weighted by Gasteiger charge is -2.24. The fourth-order valence-corrected chi connectivity index (χ4v) is 1.35. The molecule has 0 saturated carbocycles. The highest BCUT2D eigenvalue weighted by molar-refractivity contribution is 5.83. The second kappa shape index (κ2) is 8.98. The first-order valence-corrected chi connectivity index (χ1v) is 6.01. The fourth-order valence-electron chi connectivity index (χ4n) is 1.35. The van der Waals surface area contributed by atoms with Crippen LogP contribution < -0.4 is 0 Å². The normalized spacial score (nSPS) is 10.1. The molecule has 0 atom stereocenters. The standard InChI is InChI=1S/C12H24N2O3/c1-5-6-7-13(3)12(16)10-14(11(2)15)8-9-17-4/h5-10H2,1-4H3. The number of nitrogens with zero attached hydrogens (tertiary/aromatic N) is 2. The van der Waals surface area contributed by atoms with Gasteiger partial charge in [0.15, 0.2) is 0 Å². The van der Waals surface area contributed by atoms with Crippen molar-refractivity contribution in [3.05, 3.63) is 0 Å². The maximum Gasteiger partial charge on any atom is 0.241 e. The summed E-state index contributed by atoms with van der Waals surface area (Å²) in [5.74, 6) is -0.121. The molecule has 0 rings (SSSR count). The summed E-state index contributed by atoms with van der Waals surface area (Å²) in [7, 11) is 3.35. The summed E-state index contributed by atoms with van der Waals surface area (Å²) >= 11 is 0. The Labute approximate surface area is 104 Å². The summed E-state index contributed by atoms with van der Waals surface area (Å²) in [5.41, 5.74) is 0. The van der Waals surface area contributed by atoms with Crippen molar-refractivity contribution in [2.24, 2.45) is 0 Å². The van der Waals surface area contributed by atoms with Gasteiger partial charge in [-0.15, -0.1) is 0 Å². The number of ether oxygens (including phenoxy) is 1. The second-order valence-electron chi connectivity index (χ2n) is 4.10. The molecule has 0 aliphatic heterocycles. The van der Waals surface area contributed by atoms with Crippen molar-refractivity contribution in [3.63, 3.8) is 0 Å². The van der Waals surface area contributed by atoms with Gasteiger partial charge in [0, 0.05) is 34.2 Å². The van der Waals surface area contributed by atoms with Crippen LogP contribution in [0.3, 0.4) is 0 Å². The number of likely N-dealkylation sites (N-methyl/N-ethyl adjacent to an activating group) is 1. The lowest BCUT2D eigenvalue weighted by Crippen LogP contribution is -2.42. The van der Waals surface area contributed by atoms with Crippen molar-refractivity contribution in [1.29, 1.82) is 0 Å². The molecule has 0 fully saturated rings. The van der Waals surface area contributed by atoms with E-state index in [0.29, 0.717) is 13.2 Å². The molecule has 0 aliphatic rings. The number of carbonyl (C=O) groups is 2. The highest BCUT2D eigenvalue weighted by Crippen LogP contribution is 1.96. The largest absolute Gasteiger partial charge is 0.383 e. The first-order valence-electron chi connectivity index (χ1n) is 6.01. The lowest BCUT2D eigenvalue weighted by molar-refractivity contribution is -0.139. The van der Waals surface area contributed by atoms with Gasteiger partial charge in [0.05, 0.1) is 13.2 Å². The third-order valence-electron chi connectivity index (χ3n) is 2.61. The van der Waals surface area contributed by atoms with E-state index in [9.17, 15) is 9.59 Å². The van der Waals surface area contributed by atoms with Crippen LogP contribution in [0.1, 0.15) is 26.7 Å². The Balaban J connectivity index is 4.15. The van der Waals surface area contributed by atoms with Crippen molar-refractivity contribution >= 4 is 11.8 Å². The van der Waals surface area contributed by atoms with Gasteiger partial charge in [-0.1, -0.05) is 13.3 Å². The zero-order chi connectivity index (χ0) is 13.3. The monoisotopic (exact) mass is 244 g/mol. The third kappa shape index (κ3) is 6.94. The molecule has 0 spiro atoms. The number of rotatable bonds is 8. The molecule has 0 aromatic rings. The maximum absolute atomic E-state index is 11.8. The zero-order valence-electron chi connectivity index (χ0n) is 11.4. The molecule has 0 aliphatic carbocycles. The minimum absolute atomic E-state index is 0.0234. The van der Waals surface area contributed by atoms with E-state index >= 15 is 0 Å². The first kappa shape index (κ1) is 15.9. The predicted molar refractivity (Wildman–Crippen MR) is 66.7 cm³/mol. The Morgan fingerprint density at radius 2 is 1.88 bits per heavy atom. The highest BCUT2D eigenvalue weighted by atomic mass is 16.5. The quantitative estimate of drug-likeness (QED) is 0.633. The summed E-state index contributed by atoms with van der Waals surface area (Å²) in [4.78, 5) is 26.3. The van der Waals surface area contributed by atoms with Crippen molar-refractivity contribution < 1.29 is 14.3 Å². The van der Waals surface area contributed by atoms with Crippen LogP contribution in [0.25, 0.3) is 0 Å². The Kier molecular flexibility index (Phi) is 8.40. The fraction of sp³-hybridized carbons (Fsp3) is 0.833. The molecule has 0 bridgehead atoms. The molecule has 100 valence electrons. The van der Waals surface area contributed by atoms with E-state index in [2.05, 4.69) is 6.92 Å². The average molecular weight is 244 g/mol. The molecule has 0 aromatic carbocycles. The van der Waals surface area contributed by atoms with Crippen molar-refractivity contribution in [2.45, 2.75) is 26.7 Å². The number of hydrogen-bond donors (Lipinski definition) is 0. The predicted octanol–water partition coefficient (Wildman–Crippen LogP) is 0.740.